The van der Waals surface area contributed by atoms with Gasteiger partial charge in [-0.2, -0.15) is 0 Å². The molecular weight excluding hydrogens is 388 g/mol. The molecule has 0 atom stereocenters. The molecule has 31 heavy (non-hydrogen) atoms. The number of para-hydroxylation sites is 1. The van der Waals surface area contributed by atoms with E-state index in [2.05, 4.69) is 10.3 Å². The van der Waals surface area contributed by atoms with E-state index in [0.717, 1.165) is 16.3 Å². The molecule has 0 saturated heterocycles. The summed E-state index contributed by atoms with van der Waals surface area (Å²) in [5.41, 5.74) is 2.65. The molecule has 0 saturated carbocycles. The van der Waals surface area contributed by atoms with Gasteiger partial charge in [-0.05, 0) is 54.1 Å². The lowest BCUT2D eigenvalue weighted by molar-refractivity contribution is 0.102. The number of hydrogen-bond acceptors (Lipinski definition) is 4. The van der Waals surface area contributed by atoms with E-state index in [-0.39, 0.29) is 11.8 Å². The molecule has 0 unspecified atom stereocenters. The van der Waals surface area contributed by atoms with Crippen LogP contribution in [-0.4, -0.2) is 10.9 Å². The number of carbonyl (C=O) groups excluding carboxylic acids is 1. The first kappa shape index (κ1) is 18.8. The van der Waals surface area contributed by atoms with Crippen LogP contribution in [-0.2, 0) is 0 Å². The van der Waals surface area contributed by atoms with Gasteiger partial charge in [0.25, 0.3) is 5.91 Å². The zero-order chi connectivity index (χ0) is 21.4. The first-order valence-electron chi connectivity index (χ1n) is 9.89. The Morgan fingerprint density at radius 3 is 2.52 bits per heavy atom. The largest absolute Gasteiger partial charge is 0.403 e. The Morgan fingerprint density at radius 2 is 1.65 bits per heavy atom. The van der Waals surface area contributed by atoms with Crippen molar-refractivity contribution in [2.24, 2.45) is 0 Å². The van der Waals surface area contributed by atoms with Crippen molar-refractivity contribution in [3.05, 3.63) is 106 Å². The highest BCUT2D eigenvalue weighted by atomic mass is 16.4. The summed E-state index contributed by atoms with van der Waals surface area (Å²) in [6.07, 6.45) is 0. The third-order valence-electron chi connectivity index (χ3n) is 5.20. The van der Waals surface area contributed by atoms with E-state index in [4.69, 9.17) is 4.42 Å². The van der Waals surface area contributed by atoms with Gasteiger partial charge in [0.15, 0.2) is 0 Å². The minimum absolute atomic E-state index is 0.168. The van der Waals surface area contributed by atoms with E-state index in [9.17, 15) is 9.59 Å². The molecular formula is C26H18N2O3. The zero-order valence-corrected chi connectivity index (χ0v) is 16.8. The van der Waals surface area contributed by atoms with Crippen molar-refractivity contribution >= 4 is 33.3 Å². The van der Waals surface area contributed by atoms with E-state index in [1.54, 1.807) is 30.3 Å². The number of benzene rings is 4. The average Bonchev–Trinajstić information content (AvgIpc) is 2.80. The Balaban J connectivity index is 1.56. The second kappa shape index (κ2) is 7.54. The Hall–Kier alpha value is -4.25. The number of carbonyl (C=O) groups is 1. The smallest absolute Gasteiger partial charge is 0.347 e. The number of nitrogens with one attached hydrogen (secondary N) is 1. The van der Waals surface area contributed by atoms with Gasteiger partial charge < -0.3 is 9.73 Å². The summed E-state index contributed by atoms with van der Waals surface area (Å²) >= 11 is 0. The SMILES string of the molecule is Cc1ccc(NC(=O)c2ccc3ccccc3c2)c(-c2nc3ccccc3c(=O)o2)c1. The van der Waals surface area contributed by atoms with Crippen molar-refractivity contribution in [3.8, 4) is 11.5 Å². The Kier molecular flexibility index (Phi) is 4.56. The van der Waals surface area contributed by atoms with Crippen molar-refractivity contribution in [2.75, 3.05) is 5.32 Å². The number of hydrogen-bond donors (Lipinski definition) is 1. The van der Waals surface area contributed by atoms with Crippen LogP contribution in [0, 0.1) is 6.92 Å². The summed E-state index contributed by atoms with van der Waals surface area (Å²) in [5, 5.41) is 5.42. The van der Waals surface area contributed by atoms with Gasteiger partial charge in [-0.1, -0.05) is 54.1 Å². The average molecular weight is 406 g/mol. The number of aryl methyl sites for hydroxylation is 1. The molecule has 1 heterocycles. The minimum atomic E-state index is -0.464. The zero-order valence-electron chi connectivity index (χ0n) is 16.8. The second-order valence-electron chi connectivity index (χ2n) is 7.39. The number of amides is 1. The molecule has 0 fully saturated rings. The molecule has 0 bridgehead atoms. The van der Waals surface area contributed by atoms with Gasteiger partial charge in [-0.3, -0.25) is 4.79 Å². The number of rotatable bonds is 3. The van der Waals surface area contributed by atoms with Crippen LogP contribution in [0.2, 0.25) is 0 Å². The van der Waals surface area contributed by atoms with Gasteiger partial charge in [-0.15, -0.1) is 0 Å². The Labute approximate surface area is 178 Å². The lowest BCUT2D eigenvalue weighted by Crippen LogP contribution is -2.13. The molecule has 0 aliphatic rings. The van der Waals surface area contributed by atoms with Gasteiger partial charge in [-0.25, -0.2) is 9.78 Å². The van der Waals surface area contributed by atoms with Crippen LogP contribution in [0.25, 0.3) is 33.1 Å². The van der Waals surface area contributed by atoms with Crippen molar-refractivity contribution < 1.29 is 9.21 Å². The molecule has 5 heteroatoms. The maximum absolute atomic E-state index is 13.0. The van der Waals surface area contributed by atoms with Gasteiger partial charge in [0.1, 0.15) is 0 Å². The fourth-order valence-electron chi connectivity index (χ4n) is 3.60. The Morgan fingerprint density at radius 1 is 0.871 bits per heavy atom. The van der Waals surface area contributed by atoms with Crippen molar-refractivity contribution in [3.63, 3.8) is 0 Å². The molecule has 5 aromatic rings. The quantitative estimate of drug-likeness (QED) is 0.425. The second-order valence-corrected chi connectivity index (χ2v) is 7.39. The van der Waals surface area contributed by atoms with Gasteiger partial charge in [0, 0.05) is 5.56 Å². The molecule has 1 amide bonds. The first-order chi connectivity index (χ1) is 15.1. The molecule has 0 aliphatic carbocycles. The number of aromatic nitrogens is 1. The van der Waals surface area contributed by atoms with Crippen LogP contribution in [0.5, 0.6) is 0 Å². The standard InChI is InChI=1S/C26H18N2O3/c1-16-10-13-23(27-24(29)19-12-11-17-6-2-3-7-18(17)15-19)21(14-16)25-28-22-9-5-4-8-20(22)26(30)31-25/h2-15H,1H3,(H,27,29). The third-order valence-corrected chi connectivity index (χ3v) is 5.20. The molecule has 1 aromatic heterocycles. The molecule has 0 spiro atoms. The van der Waals surface area contributed by atoms with Gasteiger partial charge in [0.05, 0.1) is 22.2 Å². The maximum atomic E-state index is 13.0. The van der Waals surface area contributed by atoms with Crippen molar-refractivity contribution in [1.29, 1.82) is 0 Å². The van der Waals surface area contributed by atoms with E-state index in [1.807, 2.05) is 61.5 Å². The molecule has 5 rings (SSSR count). The highest BCUT2D eigenvalue weighted by Gasteiger charge is 2.15. The minimum Gasteiger partial charge on any atom is -0.403 e. The summed E-state index contributed by atoms with van der Waals surface area (Å²) < 4.78 is 5.50. The van der Waals surface area contributed by atoms with E-state index < -0.39 is 5.63 Å². The van der Waals surface area contributed by atoms with Crippen LogP contribution in [0.15, 0.2) is 94.1 Å². The number of fused-ring (bicyclic) bond motifs is 2. The van der Waals surface area contributed by atoms with Gasteiger partial charge in [0.2, 0.25) is 5.89 Å². The van der Waals surface area contributed by atoms with Crippen LogP contribution in [0.3, 0.4) is 0 Å². The van der Waals surface area contributed by atoms with E-state index in [1.165, 1.54) is 0 Å². The molecule has 1 N–H and O–H groups in total. The monoisotopic (exact) mass is 406 g/mol. The lowest BCUT2D eigenvalue weighted by Gasteiger charge is -2.12. The van der Waals surface area contributed by atoms with Crippen LogP contribution in [0.1, 0.15) is 15.9 Å². The van der Waals surface area contributed by atoms with Gasteiger partial charge >= 0.3 is 5.63 Å². The molecule has 0 aliphatic heterocycles. The predicted molar refractivity (Wildman–Crippen MR) is 122 cm³/mol. The van der Waals surface area contributed by atoms with E-state index >= 15 is 0 Å². The van der Waals surface area contributed by atoms with Crippen LogP contribution in [0.4, 0.5) is 5.69 Å². The predicted octanol–water partition coefficient (Wildman–Crippen LogP) is 5.57. The fourth-order valence-corrected chi connectivity index (χ4v) is 3.60. The van der Waals surface area contributed by atoms with Crippen LogP contribution < -0.4 is 10.9 Å². The van der Waals surface area contributed by atoms with Crippen LogP contribution >= 0.6 is 0 Å². The topological polar surface area (TPSA) is 72.2 Å². The number of anilines is 1. The van der Waals surface area contributed by atoms with Crippen molar-refractivity contribution in [2.45, 2.75) is 6.92 Å². The normalized spacial score (nSPS) is 11.0. The summed E-state index contributed by atoms with van der Waals surface area (Å²) in [6, 6.07) is 26.0. The third kappa shape index (κ3) is 3.57. The highest BCUT2D eigenvalue weighted by Crippen LogP contribution is 2.29. The molecule has 4 aromatic carbocycles. The fraction of sp³-hybridized carbons (Fsp3) is 0.0385. The molecule has 0 radical (unpaired) electrons. The summed E-state index contributed by atoms with van der Waals surface area (Å²) in [4.78, 5) is 29.9. The van der Waals surface area contributed by atoms with E-state index in [0.29, 0.717) is 27.7 Å². The lowest BCUT2D eigenvalue weighted by atomic mass is 10.1. The maximum Gasteiger partial charge on any atom is 0.347 e. The molecule has 150 valence electrons. The van der Waals surface area contributed by atoms with Crippen molar-refractivity contribution in [1.82, 2.24) is 4.98 Å². The highest BCUT2D eigenvalue weighted by molar-refractivity contribution is 6.08. The summed E-state index contributed by atoms with van der Waals surface area (Å²) in [7, 11) is 0. The number of nitrogens with zero attached hydrogens (tertiary/aromatic N) is 1. The summed E-state index contributed by atoms with van der Waals surface area (Å²) in [5.74, 6) is -0.0831. The Bertz CT molecular complexity index is 1520. The molecule has 5 nitrogen and oxygen atoms in total. The first-order valence-corrected chi connectivity index (χ1v) is 9.89. The summed E-state index contributed by atoms with van der Waals surface area (Å²) in [6.45, 7) is 1.93.